The van der Waals surface area contributed by atoms with Crippen LogP contribution >= 0.6 is 0 Å². The summed E-state index contributed by atoms with van der Waals surface area (Å²) in [6, 6.07) is 2.31. The van der Waals surface area contributed by atoms with E-state index < -0.39 is 0 Å². The molecule has 2 amide bonds. The zero-order valence-corrected chi connectivity index (χ0v) is 21.4. The van der Waals surface area contributed by atoms with Crippen molar-refractivity contribution in [1.29, 1.82) is 0 Å². The molecule has 0 aromatic rings. The molecule has 0 atom stereocenters. The van der Waals surface area contributed by atoms with Gasteiger partial charge in [0.05, 0.1) is 19.0 Å². The number of rotatable bonds is 20. The highest BCUT2D eigenvalue weighted by Gasteiger charge is 2.09. The van der Waals surface area contributed by atoms with Crippen molar-refractivity contribution in [2.45, 2.75) is 77.3 Å². The minimum atomic E-state index is -0.366. The molecule has 0 aromatic heterocycles. The summed E-state index contributed by atoms with van der Waals surface area (Å²) < 4.78 is 22.3. The van der Waals surface area contributed by atoms with E-state index in [4.69, 9.17) is 18.9 Å². The molecule has 2 N–H and O–H groups in total. The highest BCUT2D eigenvalue weighted by molar-refractivity contribution is 6.36. The first-order valence-electron chi connectivity index (χ1n) is 11.2. The second kappa shape index (κ2) is 21.3. The van der Waals surface area contributed by atoms with Gasteiger partial charge < -0.3 is 29.6 Å². The molecule has 0 unspecified atom stereocenters. The highest BCUT2D eigenvalue weighted by Crippen LogP contribution is 2.02. The molecule has 168 valence electrons. The third-order valence-electron chi connectivity index (χ3n) is 4.21. The standard InChI is InChI=1S/C19H44N2O5Si2/c1-5-23-18(24-6-2)27-15-11-9-13-20-17(22)21-14-10-12-16-28-19(25-7-3)26-8-4/h18-19H,5-16,27-28H2,1-4H3,(H2,20,21,22). The lowest BCUT2D eigenvalue weighted by Crippen LogP contribution is -2.36. The zero-order chi connectivity index (χ0) is 20.9. The van der Waals surface area contributed by atoms with Gasteiger partial charge in [-0.25, -0.2) is 4.79 Å². The van der Waals surface area contributed by atoms with Gasteiger partial charge in [-0.15, -0.1) is 0 Å². The van der Waals surface area contributed by atoms with Gasteiger partial charge in [0.25, 0.3) is 0 Å². The van der Waals surface area contributed by atoms with E-state index in [1.807, 2.05) is 27.7 Å². The summed E-state index contributed by atoms with van der Waals surface area (Å²) in [6.45, 7) is 12.3. The minimum Gasteiger partial charge on any atom is -0.357 e. The van der Waals surface area contributed by atoms with Crippen LogP contribution in [0.15, 0.2) is 0 Å². The number of hydrogen-bond acceptors (Lipinski definition) is 5. The van der Waals surface area contributed by atoms with Crippen LogP contribution in [0.4, 0.5) is 4.79 Å². The van der Waals surface area contributed by atoms with Crippen LogP contribution in [0.2, 0.25) is 12.1 Å². The third kappa shape index (κ3) is 17.6. The van der Waals surface area contributed by atoms with Crippen LogP contribution in [0.1, 0.15) is 53.4 Å². The molecule has 0 aliphatic heterocycles. The van der Waals surface area contributed by atoms with E-state index in [-0.39, 0.29) is 36.9 Å². The Morgan fingerprint density at radius 3 is 1.36 bits per heavy atom. The molecule has 0 saturated carbocycles. The summed E-state index contributed by atoms with van der Waals surface area (Å²) in [7, 11) is -0.732. The molecule has 0 aromatic carbocycles. The van der Waals surface area contributed by atoms with Gasteiger partial charge in [-0.1, -0.05) is 24.9 Å². The first-order valence-corrected chi connectivity index (χ1v) is 14.8. The topological polar surface area (TPSA) is 78.1 Å². The van der Waals surface area contributed by atoms with Crippen LogP contribution in [-0.2, 0) is 18.9 Å². The van der Waals surface area contributed by atoms with E-state index in [0.717, 1.165) is 38.8 Å². The van der Waals surface area contributed by atoms with E-state index in [9.17, 15) is 4.79 Å². The molecule has 0 heterocycles. The van der Waals surface area contributed by atoms with Gasteiger partial charge in [0.1, 0.15) is 11.8 Å². The van der Waals surface area contributed by atoms with Crippen LogP contribution in [-0.4, -0.2) is 76.4 Å². The maximum Gasteiger partial charge on any atom is 0.314 e. The Labute approximate surface area is 176 Å². The molecule has 0 saturated heterocycles. The Morgan fingerprint density at radius 1 is 0.679 bits per heavy atom. The Bertz CT molecular complexity index is 312. The maximum absolute atomic E-state index is 11.8. The van der Waals surface area contributed by atoms with Gasteiger partial charge >= 0.3 is 6.03 Å². The molecule has 0 fully saturated rings. The van der Waals surface area contributed by atoms with Gasteiger partial charge in [0, 0.05) is 39.5 Å². The Hall–Kier alpha value is -0.456. The van der Waals surface area contributed by atoms with Crippen molar-refractivity contribution in [1.82, 2.24) is 10.6 Å². The molecule has 0 aliphatic rings. The van der Waals surface area contributed by atoms with Crippen molar-refractivity contribution in [2.75, 3.05) is 39.5 Å². The second-order valence-corrected chi connectivity index (χ2v) is 10.5. The zero-order valence-electron chi connectivity index (χ0n) is 18.6. The first kappa shape index (κ1) is 27.5. The lowest BCUT2D eigenvalue weighted by Gasteiger charge is -2.16. The van der Waals surface area contributed by atoms with E-state index in [2.05, 4.69) is 10.6 Å². The molecule has 0 rings (SSSR count). The van der Waals surface area contributed by atoms with Crippen molar-refractivity contribution < 1.29 is 23.7 Å². The van der Waals surface area contributed by atoms with Crippen molar-refractivity contribution in [3.63, 3.8) is 0 Å². The number of amides is 2. The van der Waals surface area contributed by atoms with Gasteiger partial charge in [-0.3, -0.25) is 0 Å². The molecule has 0 aliphatic carbocycles. The number of ether oxygens (including phenoxy) is 4. The number of nitrogens with one attached hydrogen (secondary N) is 2. The quantitative estimate of drug-likeness (QED) is 0.173. The average molecular weight is 437 g/mol. The van der Waals surface area contributed by atoms with Crippen LogP contribution in [0, 0.1) is 0 Å². The fourth-order valence-corrected chi connectivity index (χ4v) is 6.43. The highest BCUT2D eigenvalue weighted by atomic mass is 28.2. The van der Waals surface area contributed by atoms with E-state index >= 15 is 0 Å². The van der Waals surface area contributed by atoms with Crippen molar-refractivity contribution in [3.05, 3.63) is 0 Å². The molecule has 28 heavy (non-hydrogen) atoms. The Kier molecular flexibility index (Phi) is 20.9. The Morgan fingerprint density at radius 2 is 1.04 bits per heavy atom. The van der Waals surface area contributed by atoms with Crippen LogP contribution in [0.25, 0.3) is 0 Å². The summed E-state index contributed by atoms with van der Waals surface area (Å²) in [5, 5.41) is 5.87. The fourth-order valence-electron chi connectivity index (χ4n) is 2.87. The maximum atomic E-state index is 11.8. The number of carbonyl (C=O) groups excluding carboxylic acids is 1. The van der Waals surface area contributed by atoms with Crippen molar-refractivity contribution >= 4 is 25.1 Å². The summed E-state index contributed by atoms with van der Waals surface area (Å²) in [5.41, 5.74) is 0. The van der Waals surface area contributed by atoms with Crippen LogP contribution in [0.3, 0.4) is 0 Å². The first-order chi connectivity index (χ1) is 13.7. The number of carbonyl (C=O) groups is 1. The average Bonchev–Trinajstić information content (AvgIpc) is 2.67. The predicted molar refractivity (Wildman–Crippen MR) is 121 cm³/mol. The third-order valence-corrected chi connectivity index (χ3v) is 7.92. The van der Waals surface area contributed by atoms with E-state index in [1.54, 1.807) is 0 Å². The van der Waals surface area contributed by atoms with Crippen molar-refractivity contribution in [3.8, 4) is 0 Å². The largest absolute Gasteiger partial charge is 0.357 e. The monoisotopic (exact) mass is 436 g/mol. The molecule has 7 nitrogen and oxygen atoms in total. The van der Waals surface area contributed by atoms with Crippen molar-refractivity contribution in [2.24, 2.45) is 0 Å². The molecule has 0 radical (unpaired) electrons. The molecular weight excluding hydrogens is 392 g/mol. The number of urea groups is 1. The SMILES string of the molecule is CCOC(OCC)[SiH2]CCCCNC(=O)NCCCC[SiH2]C(OCC)OCC. The number of hydrogen-bond donors (Lipinski definition) is 2. The molecule has 0 spiro atoms. The second-order valence-electron chi connectivity index (χ2n) is 6.56. The molecular formula is C19H44N2O5Si2. The normalized spacial score (nSPS) is 12.2. The molecule has 9 heteroatoms. The van der Waals surface area contributed by atoms with Gasteiger partial charge in [0.15, 0.2) is 0 Å². The lowest BCUT2D eigenvalue weighted by molar-refractivity contribution is -0.0830. The van der Waals surface area contributed by atoms with Crippen LogP contribution in [0.5, 0.6) is 0 Å². The summed E-state index contributed by atoms with van der Waals surface area (Å²) in [5.74, 6) is 0.0957. The van der Waals surface area contributed by atoms with Gasteiger partial charge in [0.2, 0.25) is 0 Å². The Balaban J connectivity index is 3.50. The number of unbranched alkanes of at least 4 members (excludes halogenated alkanes) is 2. The lowest BCUT2D eigenvalue weighted by atomic mass is 10.3. The summed E-state index contributed by atoms with van der Waals surface area (Å²) in [4.78, 5) is 11.8. The smallest absolute Gasteiger partial charge is 0.314 e. The van der Waals surface area contributed by atoms with Gasteiger partial charge in [-0.2, -0.15) is 0 Å². The molecule has 0 bridgehead atoms. The van der Waals surface area contributed by atoms with E-state index in [0.29, 0.717) is 26.4 Å². The summed E-state index contributed by atoms with van der Waals surface area (Å²) in [6.07, 6.45) is 4.25. The van der Waals surface area contributed by atoms with Gasteiger partial charge in [-0.05, 0) is 40.5 Å². The minimum absolute atomic E-state index is 0.0478. The fraction of sp³-hybridized carbons (Fsp3) is 0.947. The van der Waals surface area contributed by atoms with E-state index in [1.165, 1.54) is 12.1 Å². The predicted octanol–water partition coefficient (Wildman–Crippen LogP) is 1.73. The van der Waals surface area contributed by atoms with Crippen LogP contribution < -0.4 is 10.6 Å². The summed E-state index contributed by atoms with van der Waals surface area (Å²) >= 11 is 0.